The van der Waals surface area contributed by atoms with Gasteiger partial charge in [-0.2, -0.15) is 0 Å². The van der Waals surface area contributed by atoms with E-state index in [2.05, 4.69) is 117 Å². The third-order valence-electron chi connectivity index (χ3n) is 6.01. The normalized spacial score (nSPS) is 18.1. The van der Waals surface area contributed by atoms with Crippen molar-refractivity contribution in [2.75, 3.05) is 0 Å². The van der Waals surface area contributed by atoms with E-state index in [4.69, 9.17) is 0 Å². The minimum atomic E-state index is -0.248. The Hall–Kier alpha value is -2.16. The number of benzene rings is 4. The molecule has 1 spiro atoms. The van der Waals surface area contributed by atoms with Crippen molar-refractivity contribution in [2.45, 2.75) is 5.41 Å². The van der Waals surface area contributed by atoms with Gasteiger partial charge in [0.15, 0.2) is 0 Å². The predicted molar refractivity (Wildman–Crippen MR) is 118 cm³/mol. The molecule has 2 aliphatic rings. The second kappa shape index (κ2) is 5.43. The van der Waals surface area contributed by atoms with Crippen molar-refractivity contribution in [1.82, 2.24) is 0 Å². The Balaban J connectivity index is 1.87. The molecule has 0 aliphatic heterocycles. The minimum Gasteiger partial charge on any atom is -0.0619 e. The van der Waals surface area contributed by atoms with Crippen LogP contribution in [0.25, 0.3) is 22.3 Å². The maximum Gasteiger partial charge on any atom is 0.0725 e. The molecule has 0 saturated carbocycles. The molecule has 0 radical (unpaired) electrons. The van der Waals surface area contributed by atoms with Crippen molar-refractivity contribution < 1.29 is 0 Å². The first kappa shape index (κ1) is 15.9. The molecule has 0 nitrogen and oxygen atoms in total. The highest BCUT2D eigenvalue weighted by molar-refractivity contribution is 9.10. The van der Waals surface area contributed by atoms with Gasteiger partial charge < -0.3 is 0 Å². The van der Waals surface area contributed by atoms with Crippen LogP contribution in [0.3, 0.4) is 0 Å². The first-order chi connectivity index (χ1) is 13.2. The summed E-state index contributed by atoms with van der Waals surface area (Å²) in [5.74, 6) is 0. The fourth-order valence-corrected chi connectivity index (χ4v) is 5.81. The van der Waals surface area contributed by atoms with E-state index in [-0.39, 0.29) is 5.41 Å². The molecule has 0 N–H and O–H groups in total. The van der Waals surface area contributed by atoms with Crippen molar-refractivity contribution in [1.29, 1.82) is 0 Å². The Kier molecular flexibility index (Phi) is 3.19. The molecule has 0 amide bonds. The van der Waals surface area contributed by atoms with Crippen LogP contribution in [-0.4, -0.2) is 0 Å². The maximum absolute atomic E-state index is 3.72. The van der Waals surface area contributed by atoms with Crippen LogP contribution in [0, 0.1) is 0 Å². The van der Waals surface area contributed by atoms with Crippen molar-refractivity contribution in [2.24, 2.45) is 0 Å². The van der Waals surface area contributed by atoms with E-state index >= 15 is 0 Å². The summed E-state index contributed by atoms with van der Waals surface area (Å²) in [6, 6.07) is 31.2. The van der Waals surface area contributed by atoms with Gasteiger partial charge in [-0.05, 0) is 68.8 Å². The molecule has 0 bridgehead atoms. The fourth-order valence-electron chi connectivity index (χ4n) is 5.09. The average Bonchev–Trinajstić information content (AvgIpc) is 3.14. The lowest BCUT2D eigenvalue weighted by atomic mass is 9.70. The van der Waals surface area contributed by atoms with Gasteiger partial charge in [0.25, 0.3) is 0 Å². The number of halogens is 2. The molecule has 0 heterocycles. The van der Waals surface area contributed by atoms with E-state index in [1.54, 1.807) is 0 Å². The van der Waals surface area contributed by atoms with Crippen LogP contribution in [-0.2, 0) is 5.41 Å². The number of hydrogen-bond donors (Lipinski definition) is 0. The molecule has 4 aromatic carbocycles. The van der Waals surface area contributed by atoms with E-state index in [0.29, 0.717) is 0 Å². The van der Waals surface area contributed by atoms with E-state index in [1.165, 1.54) is 44.5 Å². The zero-order valence-electron chi connectivity index (χ0n) is 14.3. The monoisotopic (exact) mass is 472 g/mol. The molecule has 1 unspecified atom stereocenters. The predicted octanol–water partition coefficient (Wildman–Crippen LogP) is 7.56. The van der Waals surface area contributed by atoms with E-state index in [1.807, 2.05) is 0 Å². The summed E-state index contributed by atoms with van der Waals surface area (Å²) in [4.78, 5) is 0. The Morgan fingerprint density at radius 1 is 0.444 bits per heavy atom. The smallest absolute Gasteiger partial charge is 0.0619 e. The highest BCUT2D eigenvalue weighted by Gasteiger charge is 2.51. The van der Waals surface area contributed by atoms with Crippen LogP contribution in [0.15, 0.2) is 93.9 Å². The van der Waals surface area contributed by atoms with Crippen molar-refractivity contribution >= 4 is 31.9 Å². The molecular formula is C25H14Br2. The Labute approximate surface area is 175 Å². The van der Waals surface area contributed by atoms with Crippen molar-refractivity contribution in [3.8, 4) is 22.3 Å². The van der Waals surface area contributed by atoms with E-state index < -0.39 is 0 Å². The highest BCUT2D eigenvalue weighted by Crippen LogP contribution is 2.63. The van der Waals surface area contributed by atoms with E-state index in [9.17, 15) is 0 Å². The molecule has 2 aliphatic carbocycles. The molecule has 6 rings (SSSR count). The van der Waals surface area contributed by atoms with Gasteiger partial charge in [-0.15, -0.1) is 0 Å². The van der Waals surface area contributed by atoms with Crippen LogP contribution in [0.1, 0.15) is 22.3 Å². The largest absolute Gasteiger partial charge is 0.0725 e. The topological polar surface area (TPSA) is 0 Å². The molecule has 0 fully saturated rings. The van der Waals surface area contributed by atoms with Gasteiger partial charge >= 0.3 is 0 Å². The van der Waals surface area contributed by atoms with Crippen LogP contribution in [0.2, 0.25) is 0 Å². The molecule has 27 heavy (non-hydrogen) atoms. The van der Waals surface area contributed by atoms with Crippen LogP contribution >= 0.6 is 31.9 Å². The Bertz CT molecular complexity index is 1250. The lowest BCUT2D eigenvalue weighted by molar-refractivity contribution is 0.793. The third-order valence-corrected chi connectivity index (χ3v) is 7.00. The van der Waals surface area contributed by atoms with Gasteiger partial charge in [0.1, 0.15) is 0 Å². The number of fused-ring (bicyclic) bond motifs is 10. The first-order valence-electron chi connectivity index (χ1n) is 9.01. The van der Waals surface area contributed by atoms with Gasteiger partial charge in [-0.3, -0.25) is 0 Å². The molecule has 1 atom stereocenters. The summed E-state index contributed by atoms with van der Waals surface area (Å²) in [6.45, 7) is 0. The molecule has 128 valence electrons. The lowest BCUT2D eigenvalue weighted by Crippen LogP contribution is -2.25. The molecule has 4 aromatic rings. The van der Waals surface area contributed by atoms with Gasteiger partial charge in [-0.1, -0.05) is 92.5 Å². The van der Waals surface area contributed by atoms with Gasteiger partial charge in [-0.25, -0.2) is 0 Å². The fraction of sp³-hybridized carbons (Fsp3) is 0.0400. The van der Waals surface area contributed by atoms with E-state index in [0.717, 1.165) is 8.95 Å². The number of rotatable bonds is 0. The molecular weight excluding hydrogens is 460 g/mol. The zero-order valence-corrected chi connectivity index (χ0v) is 17.5. The van der Waals surface area contributed by atoms with Crippen LogP contribution in [0.4, 0.5) is 0 Å². The van der Waals surface area contributed by atoms with Crippen molar-refractivity contribution in [3.63, 3.8) is 0 Å². The minimum absolute atomic E-state index is 0.248. The second-order valence-corrected chi connectivity index (χ2v) is 9.05. The summed E-state index contributed by atoms with van der Waals surface area (Å²) in [5.41, 5.74) is 10.6. The summed E-state index contributed by atoms with van der Waals surface area (Å²) < 4.78 is 2.24. The maximum atomic E-state index is 3.72. The SMILES string of the molecule is Brc1ccc2c(c1)-c1ccccc1C21c2ccccc2-c2ccc(Br)cc21. The zero-order chi connectivity index (χ0) is 18.2. The summed E-state index contributed by atoms with van der Waals surface area (Å²) in [7, 11) is 0. The standard InChI is InChI=1S/C25H14Br2/c26-15-10-12-23-20(13-15)18-6-2-4-8-22(18)25(23)21-7-3-1-5-17(21)19-11-9-16(27)14-24(19)25/h1-14H. The quantitative estimate of drug-likeness (QED) is 0.213. The third kappa shape index (κ3) is 1.88. The highest BCUT2D eigenvalue weighted by atomic mass is 79.9. The number of hydrogen-bond acceptors (Lipinski definition) is 0. The van der Waals surface area contributed by atoms with Gasteiger partial charge in [0, 0.05) is 8.95 Å². The summed E-state index contributed by atoms with van der Waals surface area (Å²) in [5, 5.41) is 0. The van der Waals surface area contributed by atoms with Gasteiger partial charge in [0.05, 0.1) is 5.41 Å². The molecule has 0 aromatic heterocycles. The van der Waals surface area contributed by atoms with Gasteiger partial charge in [0.2, 0.25) is 0 Å². The Morgan fingerprint density at radius 3 is 1.70 bits per heavy atom. The first-order valence-corrected chi connectivity index (χ1v) is 10.6. The van der Waals surface area contributed by atoms with Crippen molar-refractivity contribution in [3.05, 3.63) is 116 Å². The van der Waals surface area contributed by atoms with Crippen LogP contribution in [0.5, 0.6) is 0 Å². The Morgan fingerprint density at radius 2 is 0.963 bits per heavy atom. The average molecular weight is 474 g/mol. The molecule has 0 saturated heterocycles. The second-order valence-electron chi connectivity index (χ2n) is 7.22. The summed E-state index contributed by atoms with van der Waals surface area (Å²) >= 11 is 7.41. The summed E-state index contributed by atoms with van der Waals surface area (Å²) in [6.07, 6.45) is 0. The van der Waals surface area contributed by atoms with Crippen LogP contribution < -0.4 is 0 Å². The lowest BCUT2D eigenvalue weighted by Gasteiger charge is -2.30. The molecule has 2 heteroatoms.